The summed E-state index contributed by atoms with van der Waals surface area (Å²) in [5.74, 6) is 0.332. The van der Waals surface area contributed by atoms with Crippen molar-refractivity contribution in [2.75, 3.05) is 0 Å². The summed E-state index contributed by atoms with van der Waals surface area (Å²) in [5.41, 5.74) is 15.2. The zero-order valence-corrected chi connectivity index (χ0v) is 32.0. The van der Waals surface area contributed by atoms with E-state index in [1.54, 1.807) is 0 Å². The van der Waals surface area contributed by atoms with Crippen molar-refractivity contribution in [3.63, 3.8) is 0 Å². The van der Waals surface area contributed by atoms with Gasteiger partial charge in [0.05, 0.1) is 28.2 Å². The molecule has 9 rings (SSSR count). The first-order chi connectivity index (χ1) is 25.0. The molecule has 2 nitrogen and oxygen atoms in total. The zero-order chi connectivity index (χ0) is 36.1. The molecule has 3 aliphatic carbocycles. The molecule has 260 valence electrons. The van der Waals surface area contributed by atoms with Gasteiger partial charge in [-0.1, -0.05) is 109 Å². The number of nitriles is 1. The number of nitrogens with zero attached hydrogens (tertiary/aromatic N) is 2. The van der Waals surface area contributed by atoms with Crippen molar-refractivity contribution >= 4 is 66.6 Å². The molecule has 0 N–H and O–H groups in total. The summed E-state index contributed by atoms with van der Waals surface area (Å²) >= 11 is 0. The van der Waals surface area contributed by atoms with Crippen LogP contribution < -0.4 is 0 Å². The van der Waals surface area contributed by atoms with Gasteiger partial charge in [-0.2, -0.15) is 5.26 Å². The first-order valence-electron chi connectivity index (χ1n) is 19.6. The molecule has 3 aliphatic rings. The van der Waals surface area contributed by atoms with Gasteiger partial charge in [-0.25, -0.2) is 0 Å². The lowest BCUT2D eigenvalue weighted by atomic mass is 9.76. The molecule has 4 aromatic carbocycles. The van der Waals surface area contributed by atoms with Gasteiger partial charge < -0.3 is 4.40 Å². The minimum atomic E-state index is -0.0506. The molecule has 0 fully saturated rings. The molecule has 2 aromatic heterocycles. The van der Waals surface area contributed by atoms with E-state index in [4.69, 9.17) is 0 Å². The lowest BCUT2D eigenvalue weighted by Gasteiger charge is -2.27. The van der Waals surface area contributed by atoms with Crippen molar-refractivity contribution in [2.45, 2.75) is 110 Å². The van der Waals surface area contributed by atoms with Crippen LogP contribution in [-0.4, -0.2) is 4.40 Å². The van der Waals surface area contributed by atoms with Crippen LogP contribution in [0.3, 0.4) is 0 Å². The van der Waals surface area contributed by atoms with Crippen LogP contribution in [0.4, 0.5) is 0 Å². The smallest absolute Gasteiger partial charge is 0.0998 e. The van der Waals surface area contributed by atoms with Crippen LogP contribution in [-0.2, 0) is 17.3 Å². The monoisotopic (exact) mass is 678 g/mol. The zero-order valence-electron chi connectivity index (χ0n) is 32.0. The maximum atomic E-state index is 10.8. The van der Waals surface area contributed by atoms with E-state index in [-0.39, 0.29) is 10.8 Å². The van der Waals surface area contributed by atoms with E-state index in [2.05, 4.69) is 144 Å². The van der Waals surface area contributed by atoms with Gasteiger partial charge >= 0.3 is 0 Å². The minimum absolute atomic E-state index is 0.00898. The number of benzene rings is 4. The first kappa shape index (κ1) is 33.0. The van der Waals surface area contributed by atoms with Crippen LogP contribution >= 0.6 is 0 Å². The Morgan fingerprint density at radius 3 is 2.27 bits per heavy atom. The number of rotatable bonds is 1. The van der Waals surface area contributed by atoms with Crippen LogP contribution in [0.25, 0.3) is 66.6 Å². The Morgan fingerprint density at radius 2 is 1.50 bits per heavy atom. The Morgan fingerprint density at radius 1 is 0.731 bits per heavy atom. The molecule has 1 atom stereocenters. The quantitative estimate of drug-likeness (QED) is 0.170. The van der Waals surface area contributed by atoms with E-state index in [1.165, 1.54) is 87.8 Å². The minimum Gasteiger partial charge on any atom is -0.308 e. The summed E-state index contributed by atoms with van der Waals surface area (Å²) in [6, 6.07) is 15.0. The third-order valence-corrected chi connectivity index (χ3v) is 12.3. The molecule has 0 saturated carbocycles. The van der Waals surface area contributed by atoms with E-state index in [1.807, 2.05) is 0 Å². The van der Waals surface area contributed by atoms with E-state index < -0.39 is 0 Å². The predicted octanol–water partition coefficient (Wildman–Crippen LogP) is 14.0. The highest BCUT2D eigenvalue weighted by molar-refractivity contribution is 6.33. The van der Waals surface area contributed by atoms with Crippen molar-refractivity contribution in [1.82, 2.24) is 4.40 Å². The van der Waals surface area contributed by atoms with Gasteiger partial charge in [-0.15, -0.1) is 0 Å². The maximum Gasteiger partial charge on any atom is 0.0998 e. The van der Waals surface area contributed by atoms with Gasteiger partial charge in [0, 0.05) is 21.5 Å². The Bertz CT molecular complexity index is 2680. The molecule has 0 aliphatic heterocycles. The van der Waals surface area contributed by atoms with Gasteiger partial charge in [0.2, 0.25) is 0 Å². The number of allylic oxidation sites excluding steroid dienone is 8. The highest BCUT2D eigenvalue weighted by Gasteiger charge is 2.31. The van der Waals surface area contributed by atoms with Crippen LogP contribution in [0, 0.1) is 11.3 Å². The van der Waals surface area contributed by atoms with Crippen molar-refractivity contribution < 1.29 is 0 Å². The molecular formula is C50H50N2. The van der Waals surface area contributed by atoms with Crippen LogP contribution in [0.5, 0.6) is 0 Å². The maximum absolute atomic E-state index is 10.8. The lowest BCUT2D eigenvalue weighted by Crippen LogP contribution is -2.16. The molecule has 6 aromatic rings. The Labute approximate surface area is 308 Å². The molecular weight excluding hydrogens is 629 g/mol. The van der Waals surface area contributed by atoms with Crippen molar-refractivity contribution in [2.24, 2.45) is 0 Å². The molecule has 0 amide bonds. The summed E-state index contributed by atoms with van der Waals surface area (Å²) in [6.45, 7) is 16.6. The SMILES string of the molecule is CC1CCC/C=C/c2c(C#N)cc3c(c21)c1c2cc(C(C)(C)C)cc(C(C)(C)C)c2cc2c4c5c(c(C6=CC=CCC=C6)cc4n3c21)CCCC=C5. The second-order valence-corrected chi connectivity index (χ2v) is 17.8. The van der Waals surface area contributed by atoms with E-state index in [0.717, 1.165) is 56.1 Å². The second-order valence-electron chi connectivity index (χ2n) is 17.8. The lowest BCUT2D eigenvalue weighted by molar-refractivity contribution is 0.573. The van der Waals surface area contributed by atoms with Gasteiger partial charge in [-0.3, -0.25) is 0 Å². The molecule has 0 radical (unpaired) electrons. The molecule has 0 saturated heterocycles. The molecule has 0 bridgehead atoms. The third-order valence-electron chi connectivity index (χ3n) is 12.3. The van der Waals surface area contributed by atoms with E-state index >= 15 is 0 Å². The van der Waals surface area contributed by atoms with Crippen molar-refractivity contribution in [3.8, 4) is 6.07 Å². The molecule has 2 heteroatoms. The fraction of sp³-hybridized carbons (Fsp3) is 0.340. The fourth-order valence-corrected chi connectivity index (χ4v) is 9.66. The molecule has 52 heavy (non-hydrogen) atoms. The highest BCUT2D eigenvalue weighted by Crippen LogP contribution is 2.51. The van der Waals surface area contributed by atoms with Crippen LogP contribution in [0.1, 0.15) is 137 Å². The first-order valence-corrected chi connectivity index (χ1v) is 19.6. The number of hydrogen-bond acceptors (Lipinski definition) is 1. The van der Waals surface area contributed by atoms with Crippen molar-refractivity contribution in [3.05, 3.63) is 117 Å². The average Bonchev–Trinajstić information content (AvgIpc) is 3.30. The Balaban J connectivity index is 1.61. The summed E-state index contributed by atoms with van der Waals surface area (Å²) in [6.07, 6.45) is 28.4. The van der Waals surface area contributed by atoms with Gasteiger partial charge in [-0.05, 0) is 141 Å². The largest absolute Gasteiger partial charge is 0.308 e. The molecule has 2 heterocycles. The fourth-order valence-electron chi connectivity index (χ4n) is 9.66. The van der Waals surface area contributed by atoms with Gasteiger partial charge in [0.25, 0.3) is 0 Å². The molecule has 0 spiro atoms. The highest BCUT2D eigenvalue weighted by atomic mass is 14.9. The van der Waals surface area contributed by atoms with Crippen LogP contribution in [0.15, 0.2) is 72.9 Å². The number of aromatic nitrogens is 1. The summed E-state index contributed by atoms with van der Waals surface area (Å²) in [7, 11) is 0. The van der Waals surface area contributed by atoms with Gasteiger partial charge in [0.1, 0.15) is 0 Å². The second kappa shape index (κ2) is 11.8. The Kier molecular flexibility index (Phi) is 7.51. The Hall–Kier alpha value is -4.87. The predicted molar refractivity (Wildman–Crippen MR) is 225 cm³/mol. The van der Waals surface area contributed by atoms with E-state index in [9.17, 15) is 5.26 Å². The summed E-state index contributed by atoms with van der Waals surface area (Å²) in [4.78, 5) is 0. The molecule has 1 unspecified atom stereocenters. The average molecular weight is 679 g/mol. The van der Waals surface area contributed by atoms with Crippen LogP contribution in [0.2, 0.25) is 0 Å². The normalized spacial score (nSPS) is 18.7. The third kappa shape index (κ3) is 4.89. The number of fused-ring (bicyclic) bond motifs is 12. The topological polar surface area (TPSA) is 28.2 Å². The standard InChI is InChI=1S/C50H50N2/c1-30-18-12-10-15-21-34-32(29-51)24-42-47(44(30)34)46-39-25-33(49(2,3)4)26-41(50(5,6)7)38(39)27-40-45-36-23-17-11-16-22-35(36)37(28-43(45)52(42)48(40)46)31-19-13-8-9-14-20-31/h8,13-15,17,19-21,23-28,30H,9-12,16,18,22H2,1-7H3/b21-15+. The van der Waals surface area contributed by atoms with E-state index in [0.29, 0.717) is 5.92 Å². The summed E-state index contributed by atoms with van der Waals surface area (Å²) in [5, 5.41) is 18.9. The summed E-state index contributed by atoms with van der Waals surface area (Å²) < 4.78 is 2.57. The number of hydrogen-bond donors (Lipinski definition) is 0. The van der Waals surface area contributed by atoms with Crippen molar-refractivity contribution in [1.29, 1.82) is 5.26 Å². The van der Waals surface area contributed by atoms with Gasteiger partial charge in [0.15, 0.2) is 0 Å².